The van der Waals surface area contributed by atoms with Crippen molar-refractivity contribution in [3.8, 4) is 44.5 Å². The zero-order valence-corrected chi connectivity index (χ0v) is 27.7. The van der Waals surface area contributed by atoms with Crippen molar-refractivity contribution in [3.63, 3.8) is 0 Å². The van der Waals surface area contributed by atoms with Crippen molar-refractivity contribution in [1.29, 1.82) is 0 Å². The van der Waals surface area contributed by atoms with E-state index in [4.69, 9.17) is 0 Å². The quantitative estimate of drug-likeness (QED) is 0.172. The summed E-state index contributed by atoms with van der Waals surface area (Å²) in [6, 6.07) is 63.2. The van der Waals surface area contributed by atoms with Gasteiger partial charge < -0.3 is 0 Å². The molecule has 1 aliphatic carbocycles. The minimum Gasteiger partial charge on any atom is -0.0622 e. The monoisotopic (exact) mass is 622 g/mol. The van der Waals surface area contributed by atoms with Crippen molar-refractivity contribution in [3.05, 3.63) is 181 Å². The van der Waals surface area contributed by atoms with Gasteiger partial charge in [0.1, 0.15) is 0 Å². The molecule has 49 heavy (non-hydrogen) atoms. The molecule has 0 saturated carbocycles. The van der Waals surface area contributed by atoms with Crippen LogP contribution in [0.15, 0.2) is 170 Å². The molecule has 0 saturated heterocycles. The lowest BCUT2D eigenvalue weighted by molar-refractivity contribution is 0.661. The fraction of sp³-hybridized carbons (Fsp3) is 0.0612. The van der Waals surface area contributed by atoms with Crippen molar-refractivity contribution in [2.45, 2.75) is 19.3 Å². The van der Waals surface area contributed by atoms with Gasteiger partial charge in [0.05, 0.1) is 0 Å². The molecular formula is C49H34. The second-order valence-corrected chi connectivity index (χ2v) is 14.1. The van der Waals surface area contributed by atoms with Crippen molar-refractivity contribution in [2.24, 2.45) is 0 Å². The molecule has 9 aromatic carbocycles. The maximum atomic E-state index is 2.43. The normalized spacial score (nSPS) is 13.3. The molecule has 9 aromatic rings. The van der Waals surface area contributed by atoms with Crippen LogP contribution in [0.4, 0.5) is 0 Å². The van der Waals surface area contributed by atoms with Crippen LogP contribution in [0.3, 0.4) is 0 Å². The molecule has 0 spiro atoms. The van der Waals surface area contributed by atoms with Gasteiger partial charge in [0.25, 0.3) is 0 Å². The van der Waals surface area contributed by atoms with Crippen LogP contribution < -0.4 is 0 Å². The summed E-state index contributed by atoms with van der Waals surface area (Å²) in [6.07, 6.45) is 0. The first kappa shape index (κ1) is 28.1. The summed E-state index contributed by atoms with van der Waals surface area (Å²) in [7, 11) is 0. The number of benzene rings is 9. The van der Waals surface area contributed by atoms with E-state index < -0.39 is 0 Å². The Kier molecular flexibility index (Phi) is 6.02. The molecule has 0 heterocycles. The molecule has 230 valence electrons. The highest BCUT2D eigenvalue weighted by Gasteiger charge is 2.35. The Hall–Kier alpha value is -5.98. The average molecular weight is 623 g/mol. The highest BCUT2D eigenvalue weighted by molar-refractivity contribution is 6.21. The molecule has 0 nitrogen and oxygen atoms in total. The summed E-state index contributed by atoms with van der Waals surface area (Å²) < 4.78 is 0. The van der Waals surface area contributed by atoms with Crippen LogP contribution >= 0.6 is 0 Å². The molecule has 0 aromatic heterocycles. The van der Waals surface area contributed by atoms with Gasteiger partial charge >= 0.3 is 0 Å². The second kappa shape index (κ2) is 10.5. The van der Waals surface area contributed by atoms with Crippen LogP contribution in [0.5, 0.6) is 0 Å². The van der Waals surface area contributed by atoms with E-state index in [0.29, 0.717) is 0 Å². The molecule has 0 N–H and O–H groups in total. The first-order valence-electron chi connectivity index (χ1n) is 17.3. The van der Waals surface area contributed by atoms with Gasteiger partial charge in [-0.1, -0.05) is 153 Å². The Morgan fingerprint density at radius 2 is 0.796 bits per heavy atom. The molecule has 0 bridgehead atoms. The van der Waals surface area contributed by atoms with E-state index in [0.717, 1.165) is 0 Å². The second-order valence-electron chi connectivity index (χ2n) is 14.1. The van der Waals surface area contributed by atoms with Crippen LogP contribution in [0, 0.1) is 0 Å². The summed E-state index contributed by atoms with van der Waals surface area (Å²) in [6.45, 7) is 4.74. The number of fused-ring (bicyclic) bond motifs is 9. The maximum Gasteiger partial charge on any atom is 0.0159 e. The van der Waals surface area contributed by atoms with Gasteiger partial charge in [-0.05, 0) is 129 Å². The number of hydrogen-bond acceptors (Lipinski definition) is 0. The van der Waals surface area contributed by atoms with Gasteiger partial charge in [0.15, 0.2) is 0 Å². The van der Waals surface area contributed by atoms with Crippen molar-refractivity contribution < 1.29 is 0 Å². The van der Waals surface area contributed by atoms with Gasteiger partial charge in [-0.2, -0.15) is 0 Å². The predicted molar refractivity (Wildman–Crippen MR) is 210 cm³/mol. The average Bonchev–Trinajstić information content (AvgIpc) is 3.39. The molecule has 0 radical (unpaired) electrons. The van der Waals surface area contributed by atoms with E-state index in [1.807, 2.05) is 0 Å². The summed E-state index contributed by atoms with van der Waals surface area (Å²) in [5.41, 5.74) is 13.0. The van der Waals surface area contributed by atoms with Gasteiger partial charge in [-0.15, -0.1) is 0 Å². The van der Waals surface area contributed by atoms with Crippen molar-refractivity contribution in [1.82, 2.24) is 0 Å². The van der Waals surface area contributed by atoms with Gasteiger partial charge in [-0.25, -0.2) is 0 Å². The lowest BCUT2D eigenvalue weighted by Gasteiger charge is -2.22. The lowest BCUT2D eigenvalue weighted by Crippen LogP contribution is -2.15. The van der Waals surface area contributed by atoms with Crippen molar-refractivity contribution in [2.75, 3.05) is 0 Å². The van der Waals surface area contributed by atoms with Crippen molar-refractivity contribution >= 4 is 43.1 Å². The SMILES string of the molecule is CC1(C)c2cc(-c3ccccc3)ccc2-c2ccc(-c3ccc4cc(-c5cc6c7ccccc7ccc6c6ccccc56)ccc4c3)cc21. The smallest absolute Gasteiger partial charge is 0.0159 e. The van der Waals surface area contributed by atoms with E-state index in [2.05, 4.69) is 184 Å². The Morgan fingerprint density at radius 1 is 0.286 bits per heavy atom. The van der Waals surface area contributed by atoms with E-state index in [1.54, 1.807) is 0 Å². The van der Waals surface area contributed by atoms with Crippen LogP contribution in [-0.4, -0.2) is 0 Å². The maximum absolute atomic E-state index is 2.43. The molecule has 0 heteroatoms. The zero-order valence-electron chi connectivity index (χ0n) is 27.7. The fourth-order valence-electron chi connectivity index (χ4n) is 8.42. The summed E-state index contributed by atoms with van der Waals surface area (Å²) in [5, 5.41) is 10.3. The predicted octanol–water partition coefficient (Wildman–Crippen LogP) is 13.6. The van der Waals surface area contributed by atoms with E-state index >= 15 is 0 Å². The molecule has 0 unspecified atom stereocenters. The molecule has 10 rings (SSSR count). The fourth-order valence-corrected chi connectivity index (χ4v) is 8.42. The van der Waals surface area contributed by atoms with E-state index in [9.17, 15) is 0 Å². The molecule has 0 atom stereocenters. The Balaban J connectivity index is 1.05. The molecule has 0 fully saturated rings. The third kappa shape index (κ3) is 4.31. The van der Waals surface area contributed by atoms with Crippen LogP contribution in [-0.2, 0) is 5.41 Å². The number of hydrogen-bond donors (Lipinski definition) is 0. The van der Waals surface area contributed by atoms with Gasteiger partial charge in [0.2, 0.25) is 0 Å². The third-order valence-electron chi connectivity index (χ3n) is 11.0. The minimum atomic E-state index is -0.0782. The van der Waals surface area contributed by atoms with E-state index in [-0.39, 0.29) is 5.41 Å². The summed E-state index contributed by atoms with van der Waals surface area (Å²) in [4.78, 5) is 0. The highest BCUT2D eigenvalue weighted by atomic mass is 14.4. The van der Waals surface area contributed by atoms with Crippen LogP contribution in [0.2, 0.25) is 0 Å². The van der Waals surface area contributed by atoms with Gasteiger partial charge in [-0.3, -0.25) is 0 Å². The third-order valence-corrected chi connectivity index (χ3v) is 11.0. The molecule has 0 amide bonds. The lowest BCUT2D eigenvalue weighted by atomic mass is 9.81. The minimum absolute atomic E-state index is 0.0782. The van der Waals surface area contributed by atoms with E-state index in [1.165, 1.54) is 98.7 Å². The first-order chi connectivity index (χ1) is 24.0. The highest BCUT2D eigenvalue weighted by Crippen LogP contribution is 2.51. The Morgan fingerprint density at radius 3 is 1.53 bits per heavy atom. The largest absolute Gasteiger partial charge is 0.0622 e. The summed E-state index contributed by atoms with van der Waals surface area (Å²) in [5.74, 6) is 0. The first-order valence-corrected chi connectivity index (χ1v) is 17.3. The zero-order chi connectivity index (χ0) is 32.7. The molecule has 1 aliphatic rings. The van der Waals surface area contributed by atoms with Gasteiger partial charge in [0, 0.05) is 5.41 Å². The topological polar surface area (TPSA) is 0 Å². The molecular weight excluding hydrogens is 589 g/mol. The van der Waals surface area contributed by atoms with Crippen LogP contribution in [0.1, 0.15) is 25.0 Å². The number of rotatable bonds is 3. The van der Waals surface area contributed by atoms with Crippen LogP contribution in [0.25, 0.3) is 87.6 Å². The summed E-state index contributed by atoms with van der Waals surface area (Å²) >= 11 is 0. The Labute approximate surface area is 286 Å². The standard InChI is InChI=1S/C49H34/c1-49(2)47-28-36(31-10-4-3-5-11-31)21-24-43(47)44-25-22-37(29-48(44)49)34-16-17-35-27-38(19-18-33(35)26-34)45-30-46-39-13-7-6-12-32(39)20-23-42(46)40-14-8-9-15-41(40)45/h3-30H,1-2H3. The molecule has 0 aliphatic heterocycles. The Bertz CT molecular complexity index is 2780.